The Labute approximate surface area is 96.7 Å². The number of carbonyl (C=O) groups is 2. The molecule has 1 aliphatic heterocycles. The van der Waals surface area contributed by atoms with Crippen molar-refractivity contribution in [3.8, 4) is 0 Å². The first-order valence-electron chi connectivity index (χ1n) is 4.91. The molecule has 2 amide bonds. The highest BCUT2D eigenvalue weighted by atomic mass is 32.1. The van der Waals surface area contributed by atoms with Gasteiger partial charge in [-0.25, -0.2) is 0 Å². The van der Waals surface area contributed by atoms with Crippen LogP contribution in [0.5, 0.6) is 0 Å². The summed E-state index contributed by atoms with van der Waals surface area (Å²) < 4.78 is 0. The van der Waals surface area contributed by atoms with Gasteiger partial charge in [0.15, 0.2) is 0 Å². The van der Waals surface area contributed by atoms with Gasteiger partial charge in [-0.15, -0.1) is 11.3 Å². The highest BCUT2D eigenvalue weighted by Crippen LogP contribution is 2.24. The second kappa shape index (κ2) is 4.23. The Morgan fingerprint density at radius 3 is 2.75 bits per heavy atom. The highest BCUT2D eigenvalue weighted by Gasteiger charge is 2.30. The lowest BCUT2D eigenvalue weighted by Gasteiger charge is -2.35. The van der Waals surface area contributed by atoms with Crippen molar-refractivity contribution in [2.75, 3.05) is 18.4 Å². The zero-order valence-corrected chi connectivity index (χ0v) is 9.58. The van der Waals surface area contributed by atoms with Crippen LogP contribution >= 0.6 is 11.3 Å². The number of hydrogen-bond donors (Lipinski definition) is 2. The van der Waals surface area contributed by atoms with Gasteiger partial charge in [0.25, 0.3) is 5.91 Å². The van der Waals surface area contributed by atoms with Crippen LogP contribution in [0.25, 0.3) is 0 Å². The third-order valence-corrected chi connectivity index (χ3v) is 3.25. The summed E-state index contributed by atoms with van der Waals surface area (Å²) in [6.07, 6.45) is -0.390. The van der Waals surface area contributed by atoms with Crippen molar-refractivity contribution in [2.45, 2.75) is 13.0 Å². The summed E-state index contributed by atoms with van der Waals surface area (Å²) in [6, 6.07) is 3.39. The van der Waals surface area contributed by atoms with Gasteiger partial charge in [0, 0.05) is 20.0 Å². The first-order chi connectivity index (χ1) is 7.56. The molecule has 0 saturated carbocycles. The van der Waals surface area contributed by atoms with E-state index in [1.165, 1.54) is 18.3 Å². The Kier molecular flexibility index (Phi) is 2.93. The van der Waals surface area contributed by atoms with E-state index in [1.54, 1.807) is 17.0 Å². The van der Waals surface area contributed by atoms with Crippen LogP contribution in [-0.2, 0) is 4.79 Å². The molecule has 0 atom stereocenters. The number of nitrogens with one attached hydrogen (secondary N) is 1. The van der Waals surface area contributed by atoms with Crippen LogP contribution in [0.15, 0.2) is 12.1 Å². The molecule has 0 spiro atoms. The molecule has 2 heterocycles. The minimum Gasteiger partial charge on any atom is -0.389 e. The van der Waals surface area contributed by atoms with Gasteiger partial charge >= 0.3 is 0 Å². The molecule has 16 heavy (non-hydrogen) atoms. The Balaban J connectivity index is 2.01. The molecule has 1 aromatic heterocycles. The standard InChI is InChI=1S/C10H12N2O3S/c1-6(13)11-9-3-2-8(16-9)10(15)12-4-7(14)5-12/h2-3,7,14H,4-5H2,1H3,(H,11,13). The van der Waals surface area contributed by atoms with E-state index in [0.717, 1.165) is 0 Å². The second-order valence-corrected chi connectivity index (χ2v) is 4.79. The van der Waals surface area contributed by atoms with Crippen LogP contribution in [-0.4, -0.2) is 41.0 Å². The van der Waals surface area contributed by atoms with Crippen molar-refractivity contribution in [3.05, 3.63) is 17.0 Å². The minimum atomic E-state index is -0.390. The normalized spacial score (nSPS) is 15.8. The van der Waals surface area contributed by atoms with Gasteiger partial charge < -0.3 is 15.3 Å². The molecule has 6 heteroatoms. The van der Waals surface area contributed by atoms with Gasteiger partial charge in [0.2, 0.25) is 5.91 Å². The Bertz CT molecular complexity index is 423. The number of rotatable bonds is 2. The van der Waals surface area contributed by atoms with Crippen LogP contribution in [0.4, 0.5) is 5.00 Å². The van der Waals surface area contributed by atoms with Crippen molar-refractivity contribution in [2.24, 2.45) is 0 Å². The summed E-state index contributed by atoms with van der Waals surface area (Å²) in [5, 5.41) is 12.4. The van der Waals surface area contributed by atoms with Crippen LogP contribution < -0.4 is 5.32 Å². The van der Waals surface area contributed by atoms with Crippen molar-refractivity contribution in [1.29, 1.82) is 0 Å². The van der Waals surface area contributed by atoms with Gasteiger partial charge in [-0.2, -0.15) is 0 Å². The molecule has 1 saturated heterocycles. The van der Waals surface area contributed by atoms with E-state index in [4.69, 9.17) is 5.11 Å². The second-order valence-electron chi connectivity index (χ2n) is 3.71. The van der Waals surface area contributed by atoms with E-state index in [9.17, 15) is 9.59 Å². The van der Waals surface area contributed by atoms with E-state index >= 15 is 0 Å². The lowest BCUT2D eigenvalue weighted by atomic mass is 10.1. The van der Waals surface area contributed by atoms with Gasteiger partial charge in [0.05, 0.1) is 16.0 Å². The average molecular weight is 240 g/mol. The number of carbonyl (C=O) groups excluding carboxylic acids is 2. The summed E-state index contributed by atoms with van der Waals surface area (Å²) in [7, 11) is 0. The number of aliphatic hydroxyl groups is 1. The Morgan fingerprint density at radius 2 is 2.19 bits per heavy atom. The number of likely N-dealkylation sites (tertiary alicyclic amines) is 1. The summed E-state index contributed by atoms with van der Waals surface area (Å²) in [4.78, 5) is 24.7. The maximum absolute atomic E-state index is 11.8. The average Bonchev–Trinajstić information content (AvgIpc) is 2.59. The van der Waals surface area contributed by atoms with Crippen LogP contribution in [0.1, 0.15) is 16.6 Å². The molecular formula is C10H12N2O3S. The summed E-state index contributed by atoms with van der Waals surface area (Å²) in [5.41, 5.74) is 0. The van der Waals surface area contributed by atoms with Crippen molar-refractivity contribution in [1.82, 2.24) is 4.90 Å². The monoisotopic (exact) mass is 240 g/mol. The molecule has 2 N–H and O–H groups in total. The number of thiophene rings is 1. The molecule has 1 aliphatic rings. The van der Waals surface area contributed by atoms with E-state index in [2.05, 4.69) is 5.32 Å². The van der Waals surface area contributed by atoms with Crippen LogP contribution in [0, 0.1) is 0 Å². The molecule has 0 radical (unpaired) electrons. The maximum atomic E-state index is 11.8. The molecule has 0 aliphatic carbocycles. The number of β-amino-alcohol motifs (C(OH)–C–C–N with tert-alkyl or cyclic N) is 1. The zero-order valence-electron chi connectivity index (χ0n) is 8.77. The Morgan fingerprint density at radius 1 is 1.50 bits per heavy atom. The summed E-state index contributed by atoms with van der Waals surface area (Å²) >= 11 is 1.24. The van der Waals surface area contributed by atoms with E-state index < -0.39 is 6.10 Å². The smallest absolute Gasteiger partial charge is 0.264 e. The molecule has 86 valence electrons. The van der Waals surface area contributed by atoms with E-state index in [-0.39, 0.29) is 11.8 Å². The molecule has 0 unspecified atom stereocenters. The fourth-order valence-electron chi connectivity index (χ4n) is 1.47. The van der Waals surface area contributed by atoms with Crippen molar-refractivity contribution in [3.63, 3.8) is 0 Å². The quantitative estimate of drug-likeness (QED) is 0.792. The predicted molar refractivity (Wildman–Crippen MR) is 60.5 cm³/mol. The third kappa shape index (κ3) is 2.23. The maximum Gasteiger partial charge on any atom is 0.264 e. The zero-order chi connectivity index (χ0) is 11.7. The highest BCUT2D eigenvalue weighted by molar-refractivity contribution is 7.18. The molecular weight excluding hydrogens is 228 g/mol. The third-order valence-electron chi connectivity index (χ3n) is 2.27. The number of nitrogens with zero attached hydrogens (tertiary/aromatic N) is 1. The van der Waals surface area contributed by atoms with Gasteiger partial charge in [-0.1, -0.05) is 0 Å². The number of aliphatic hydroxyl groups excluding tert-OH is 1. The number of hydrogen-bond acceptors (Lipinski definition) is 4. The first kappa shape index (κ1) is 11.1. The first-order valence-corrected chi connectivity index (χ1v) is 5.72. The minimum absolute atomic E-state index is 0.0908. The fourth-order valence-corrected chi connectivity index (χ4v) is 2.39. The Hall–Kier alpha value is -1.40. The lowest BCUT2D eigenvalue weighted by molar-refractivity contribution is -0.114. The number of amides is 2. The topological polar surface area (TPSA) is 69.6 Å². The van der Waals surface area contributed by atoms with E-state index in [1.807, 2.05) is 0 Å². The molecule has 2 rings (SSSR count). The van der Waals surface area contributed by atoms with Crippen molar-refractivity contribution < 1.29 is 14.7 Å². The molecule has 1 fully saturated rings. The molecule has 5 nitrogen and oxygen atoms in total. The fraction of sp³-hybridized carbons (Fsp3) is 0.400. The largest absolute Gasteiger partial charge is 0.389 e. The van der Waals surface area contributed by atoms with Crippen LogP contribution in [0.2, 0.25) is 0 Å². The summed E-state index contributed by atoms with van der Waals surface area (Å²) in [5.74, 6) is -0.243. The molecule has 0 bridgehead atoms. The summed E-state index contributed by atoms with van der Waals surface area (Å²) in [6.45, 7) is 2.21. The van der Waals surface area contributed by atoms with Gasteiger partial charge in [-0.05, 0) is 12.1 Å². The van der Waals surface area contributed by atoms with Crippen molar-refractivity contribution >= 4 is 28.2 Å². The SMILES string of the molecule is CC(=O)Nc1ccc(C(=O)N2CC(O)C2)s1. The molecule has 1 aromatic rings. The van der Waals surface area contributed by atoms with Gasteiger partial charge in [-0.3, -0.25) is 9.59 Å². The number of anilines is 1. The predicted octanol–water partition coefficient (Wildman–Crippen LogP) is 0.523. The van der Waals surface area contributed by atoms with E-state index in [0.29, 0.717) is 23.0 Å². The lowest BCUT2D eigenvalue weighted by Crippen LogP contribution is -2.53. The molecule has 0 aromatic carbocycles. The van der Waals surface area contributed by atoms with Crippen LogP contribution in [0.3, 0.4) is 0 Å². The van der Waals surface area contributed by atoms with Gasteiger partial charge in [0.1, 0.15) is 0 Å².